The monoisotopic (exact) mass is 353 g/mol. The lowest BCUT2D eigenvalue weighted by Gasteiger charge is -2.09. The van der Waals surface area contributed by atoms with E-state index in [1.165, 1.54) is 24.3 Å². The molecule has 1 heterocycles. The highest BCUT2D eigenvalue weighted by Gasteiger charge is 2.11. The van der Waals surface area contributed by atoms with E-state index in [0.717, 1.165) is 0 Å². The van der Waals surface area contributed by atoms with E-state index in [-0.39, 0.29) is 29.9 Å². The lowest BCUT2D eigenvalue weighted by Crippen LogP contribution is -2.20. The molecule has 6 nitrogen and oxygen atoms in total. The van der Waals surface area contributed by atoms with Crippen molar-refractivity contribution in [2.24, 2.45) is 5.73 Å². The Bertz CT molecular complexity index is 1060. The molecule has 3 rings (SSSR count). The fraction of sp³-hybridized carbons (Fsp3) is 0.105. The Morgan fingerprint density at radius 3 is 2.65 bits per heavy atom. The van der Waals surface area contributed by atoms with Gasteiger partial charge in [-0.1, -0.05) is 12.1 Å². The number of anilines is 1. The Morgan fingerprint density at radius 2 is 1.88 bits per heavy atom. The number of rotatable bonds is 5. The summed E-state index contributed by atoms with van der Waals surface area (Å²) in [5, 5.41) is 3.17. The fourth-order valence-electron chi connectivity index (χ4n) is 2.68. The number of pyridine rings is 1. The average Bonchev–Trinajstić information content (AvgIpc) is 2.60. The first-order valence-corrected chi connectivity index (χ1v) is 7.94. The van der Waals surface area contributed by atoms with Crippen LogP contribution in [0.3, 0.4) is 0 Å². The van der Waals surface area contributed by atoms with Gasteiger partial charge in [0.05, 0.1) is 11.3 Å². The van der Waals surface area contributed by atoms with Gasteiger partial charge in [-0.05, 0) is 42.8 Å². The van der Waals surface area contributed by atoms with Crippen LogP contribution in [0.5, 0.6) is 0 Å². The molecule has 132 valence electrons. The number of primary amides is 1. The molecule has 2 amide bonds. The second-order valence-corrected chi connectivity index (χ2v) is 5.81. The predicted octanol–water partition coefficient (Wildman–Crippen LogP) is 2.34. The van der Waals surface area contributed by atoms with Gasteiger partial charge in [0.1, 0.15) is 5.82 Å². The summed E-state index contributed by atoms with van der Waals surface area (Å²) in [5.41, 5.74) is 6.38. The maximum absolute atomic E-state index is 13.3. The molecule has 0 atom stereocenters. The van der Waals surface area contributed by atoms with Crippen LogP contribution in [0.2, 0.25) is 0 Å². The molecule has 0 saturated heterocycles. The normalized spacial score (nSPS) is 10.7. The van der Waals surface area contributed by atoms with Gasteiger partial charge in [0.2, 0.25) is 5.91 Å². The van der Waals surface area contributed by atoms with E-state index in [2.05, 4.69) is 10.3 Å². The number of fused-ring (bicyclic) bond motifs is 1. The quantitative estimate of drug-likeness (QED) is 0.655. The average molecular weight is 353 g/mol. The standard InChI is InChI=1S/C19H16FN3O3/c20-13-6-7-15-12(10-13)9-11(19(26)23-15)5-8-17(24)22-16-4-2-1-3-14(16)18(21)25/h1-4,6-7,9-10H,5,8H2,(H2,21,25)(H,22,24)(H,23,26). The molecule has 0 unspecified atom stereocenters. The van der Waals surface area contributed by atoms with E-state index in [1.54, 1.807) is 24.3 Å². The third-order valence-electron chi connectivity index (χ3n) is 3.97. The number of aromatic amines is 1. The maximum Gasteiger partial charge on any atom is 0.251 e. The van der Waals surface area contributed by atoms with E-state index in [9.17, 15) is 18.8 Å². The van der Waals surface area contributed by atoms with Gasteiger partial charge >= 0.3 is 0 Å². The van der Waals surface area contributed by atoms with Crippen LogP contribution in [-0.2, 0) is 11.2 Å². The summed E-state index contributed by atoms with van der Waals surface area (Å²) < 4.78 is 13.3. The summed E-state index contributed by atoms with van der Waals surface area (Å²) in [7, 11) is 0. The molecule has 0 spiro atoms. The Balaban J connectivity index is 1.74. The summed E-state index contributed by atoms with van der Waals surface area (Å²) in [5.74, 6) is -1.41. The number of para-hydroxylation sites is 1. The molecule has 4 N–H and O–H groups in total. The van der Waals surface area contributed by atoms with Gasteiger partial charge in [-0.2, -0.15) is 0 Å². The van der Waals surface area contributed by atoms with Crippen molar-refractivity contribution in [3.05, 3.63) is 75.8 Å². The summed E-state index contributed by atoms with van der Waals surface area (Å²) in [6.07, 6.45) is 0.198. The zero-order valence-electron chi connectivity index (χ0n) is 13.7. The highest BCUT2D eigenvalue weighted by Crippen LogP contribution is 2.16. The molecule has 26 heavy (non-hydrogen) atoms. The molecular formula is C19H16FN3O3. The van der Waals surface area contributed by atoms with E-state index < -0.39 is 11.7 Å². The highest BCUT2D eigenvalue weighted by molar-refractivity contribution is 6.03. The van der Waals surface area contributed by atoms with Gasteiger partial charge in [0.15, 0.2) is 0 Å². The number of halogens is 1. The first-order chi connectivity index (χ1) is 12.4. The van der Waals surface area contributed by atoms with Crippen LogP contribution in [0, 0.1) is 5.82 Å². The minimum Gasteiger partial charge on any atom is -0.366 e. The minimum absolute atomic E-state index is 0.0248. The van der Waals surface area contributed by atoms with Crippen molar-refractivity contribution in [2.45, 2.75) is 12.8 Å². The van der Waals surface area contributed by atoms with E-state index in [4.69, 9.17) is 5.73 Å². The zero-order valence-corrected chi connectivity index (χ0v) is 13.7. The summed E-state index contributed by atoms with van der Waals surface area (Å²) >= 11 is 0. The Morgan fingerprint density at radius 1 is 1.12 bits per heavy atom. The van der Waals surface area contributed by atoms with Gasteiger partial charge in [-0.3, -0.25) is 14.4 Å². The minimum atomic E-state index is -0.645. The number of amides is 2. The van der Waals surface area contributed by atoms with Crippen molar-refractivity contribution in [2.75, 3.05) is 5.32 Å². The first-order valence-electron chi connectivity index (χ1n) is 7.94. The molecule has 0 radical (unpaired) electrons. The number of H-pyrrole nitrogens is 1. The predicted molar refractivity (Wildman–Crippen MR) is 96.4 cm³/mol. The second-order valence-electron chi connectivity index (χ2n) is 5.81. The first kappa shape index (κ1) is 17.3. The molecule has 0 fully saturated rings. The van der Waals surface area contributed by atoms with Crippen LogP contribution in [0.25, 0.3) is 10.9 Å². The van der Waals surface area contributed by atoms with Crippen molar-refractivity contribution in [3.8, 4) is 0 Å². The van der Waals surface area contributed by atoms with Crippen molar-refractivity contribution in [1.29, 1.82) is 0 Å². The lowest BCUT2D eigenvalue weighted by atomic mass is 10.1. The molecule has 2 aromatic carbocycles. The topological polar surface area (TPSA) is 105 Å². The van der Waals surface area contributed by atoms with Gasteiger partial charge < -0.3 is 16.0 Å². The Labute approximate surface area is 147 Å². The highest BCUT2D eigenvalue weighted by atomic mass is 19.1. The summed E-state index contributed by atoms with van der Waals surface area (Å²) in [6, 6.07) is 12.0. The number of hydrogen-bond acceptors (Lipinski definition) is 3. The van der Waals surface area contributed by atoms with Gasteiger partial charge in [-0.25, -0.2) is 4.39 Å². The molecule has 0 aliphatic rings. The molecule has 0 aliphatic carbocycles. The van der Waals surface area contributed by atoms with E-state index in [1.807, 2.05) is 0 Å². The van der Waals surface area contributed by atoms with Crippen LogP contribution in [0.4, 0.5) is 10.1 Å². The molecule has 7 heteroatoms. The van der Waals surface area contributed by atoms with E-state index in [0.29, 0.717) is 22.2 Å². The second kappa shape index (κ2) is 7.18. The SMILES string of the molecule is NC(=O)c1ccccc1NC(=O)CCc1cc2cc(F)ccc2[nH]c1=O. The number of aromatic nitrogens is 1. The van der Waals surface area contributed by atoms with Crippen molar-refractivity contribution < 1.29 is 14.0 Å². The maximum atomic E-state index is 13.3. The van der Waals surface area contributed by atoms with Crippen molar-refractivity contribution >= 4 is 28.4 Å². The van der Waals surface area contributed by atoms with Crippen molar-refractivity contribution in [1.82, 2.24) is 4.98 Å². The molecule has 0 aliphatic heterocycles. The van der Waals surface area contributed by atoms with Crippen LogP contribution >= 0.6 is 0 Å². The molecular weight excluding hydrogens is 337 g/mol. The largest absolute Gasteiger partial charge is 0.366 e. The Kier molecular flexibility index (Phi) is 4.79. The summed E-state index contributed by atoms with van der Waals surface area (Å²) in [6.45, 7) is 0. The number of carbonyl (C=O) groups excluding carboxylic acids is 2. The van der Waals surface area contributed by atoms with Crippen LogP contribution in [-0.4, -0.2) is 16.8 Å². The molecule has 0 saturated carbocycles. The number of aryl methyl sites for hydroxylation is 1. The zero-order chi connectivity index (χ0) is 18.7. The number of nitrogens with two attached hydrogens (primary N) is 1. The van der Waals surface area contributed by atoms with Crippen LogP contribution < -0.4 is 16.6 Å². The van der Waals surface area contributed by atoms with E-state index >= 15 is 0 Å². The lowest BCUT2D eigenvalue weighted by molar-refractivity contribution is -0.116. The summed E-state index contributed by atoms with van der Waals surface area (Å²) in [4.78, 5) is 38.3. The molecule has 1 aromatic heterocycles. The smallest absolute Gasteiger partial charge is 0.251 e. The number of carbonyl (C=O) groups is 2. The van der Waals surface area contributed by atoms with Gasteiger partial charge in [0, 0.05) is 22.9 Å². The Hall–Kier alpha value is -3.48. The third-order valence-corrected chi connectivity index (χ3v) is 3.97. The number of nitrogens with one attached hydrogen (secondary N) is 2. The third kappa shape index (κ3) is 3.77. The van der Waals surface area contributed by atoms with Gasteiger partial charge in [0.25, 0.3) is 11.5 Å². The van der Waals surface area contributed by atoms with Crippen LogP contribution in [0.1, 0.15) is 22.3 Å². The van der Waals surface area contributed by atoms with Crippen molar-refractivity contribution in [3.63, 3.8) is 0 Å². The molecule has 0 bridgehead atoms. The van der Waals surface area contributed by atoms with Crippen LogP contribution in [0.15, 0.2) is 53.3 Å². The fourth-order valence-corrected chi connectivity index (χ4v) is 2.68. The van der Waals surface area contributed by atoms with Gasteiger partial charge in [-0.15, -0.1) is 0 Å². The molecule has 3 aromatic rings. The number of benzene rings is 2. The number of hydrogen-bond donors (Lipinski definition) is 3.